The molecule has 0 bridgehead atoms. The van der Waals surface area contributed by atoms with Gasteiger partial charge in [0.15, 0.2) is 11.6 Å². The molecule has 0 amide bonds. The maximum atomic E-state index is 14.1. The van der Waals surface area contributed by atoms with Gasteiger partial charge in [0.1, 0.15) is 24.0 Å². The summed E-state index contributed by atoms with van der Waals surface area (Å²) in [6, 6.07) is 0.306. The Kier molecular flexibility index (Phi) is 9.69. The lowest BCUT2D eigenvalue weighted by Crippen LogP contribution is -2.47. The predicted octanol–water partition coefficient (Wildman–Crippen LogP) is 4.70. The summed E-state index contributed by atoms with van der Waals surface area (Å²) in [7, 11) is 0. The van der Waals surface area contributed by atoms with E-state index in [2.05, 4.69) is 20.5 Å². The molecule has 37 heavy (non-hydrogen) atoms. The van der Waals surface area contributed by atoms with Gasteiger partial charge in [-0.1, -0.05) is 45.2 Å². The Morgan fingerprint density at radius 2 is 1.89 bits per heavy atom. The summed E-state index contributed by atoms with van der Waals surface area (Å²) in [5.41, 5.74) is -0.392. The third kappa shape index (κ3) is 8.28. The van der Waals surface area contributed by atoms with Gasteiger partial charge in [-0.05, 0) is 36.0 Å². The second-order valence-corrected chi connectivity index (χ2v) is 10.2. The lowest BCUT2D eigenvalue weighted by molar-refractivity contribution is -0.161. The van der Waals surface area contributed by atoms with Crippen molar-refractivity contribution in [3.8, 4) is 0 Å². The molecule has 2 N–H and O–H groups in total. The van der Waals surface area contributed by atoms with Crippen molar-refractivity contribution in [3.05, 3.63) is 47.8 Å². The van der Waals surface area contributed by atoms with Crippen molar-refractivity contribution >= 4 is 17.3 Å². The van der Waals surface area contributed by atoms with Gasteiger partial charge in [0.2, 0.25) is 5.78 Å². The van der Waals surface area contributed by atoms with Gasteiger partial charge in [0.25, 0.3) is 0 Å². The Hall–Kier alpha value is -2.95. The zero-order chi connectivity index (χ0) is 27.2. The highest BCUT2D eigenvalue weighted by Crippen LogP contribution is 2.36. The molecule has 1 heterocycles. The lowest BCUT2D eigenvalue weighted by Gasteiger charge is -2.30. The molecule has 1 aliphatic rings. The van der Waals surface area contributed by atoms with Crippen LogP contribution < -0.4 is 5.32 Å². The molecular formula is C26H32F4N4O3. The van der Waals surface area contributed by atoms with Crippen LogP contribution in [-0.2, 0) is 20.8 Å². The van der Waals surface area contributed by atoms with Crippen LogP contribution >= 0.6 is 0 Å². The van der Waals surface area contributed by atoms with Crippen molar-refractivity contribution in [2.75, 3.05) is 0 Å². The van der Waals surface area contributed by atoms with E-state index in [9.17, 15) is 31.9 Å². The van der Waals surface area contributed by atoms with Crippen molar-refractivity contribution in [2.45, 2.75) is 77.1 Å². The summed E-state index contributed by atoms with van der Waals surface area (Å²) in [5.74, 6) is -3.30. The topological polar surface area (TPSA) is 105 Å². The fraction of sp³-hybridized carbons (Fsp3) is 0.577. The van der Waals surface area contributed by atoms with Crippen molar-refractivity contribution in [3.63, 3.8) is 0 Å². The Labute approximate surface area is 212 Å². The number of nitrogens with one attached hydrogen (secondary N) is 2. The van der Waals surface area contributed by atoms with Crippen molar-refractivity contribution in [1.82, 2.24) is 20.5 Å². The standard InChI is InChI=1S/C26H32F4N4O3/c1-15(2)9-22(36)24(37)18(10-16-5-3-6-16)12-21(35)20(13-23-31-14-32-34-23)33-25(26(28,29)30)17-7-4-8-19(27)11-17/h4,7-8,11,14-16,18,20,25,33H,3,5-6,9-10,12-13H2,1-2H3,(H,31,32,34)/t18-,20+,25+/m1/s1. The fourth-order valence-corrected chi connectivity index (χ4v) is 4.55. The number of aromatic nitrogens is 3. The van der Waals surface area contributed by atoms with Gasteiger partial charge in [-0.3, -0.25) is 24.8 Å². The average Bonchev–Trinajstić information content (AvgIpc) is 3.29. The van der Waals surface area contributed by atoms with Crippen molar-refractivity contribution < 1.29 is 31.9 Å². The average molecular weight is 525 g/mol. The van der Waals surface area contributed by atoms with Crippen LogP contribution in [0.1, 0.15) is 69.8 Å². The number of halogens is 4. The van der Waals surface area contributed by atoms with Crippen LogP contribution in [0.5, 0.6) is 0 Å². The molecule has 1 aromatic carbocycles. The SMILES string of the molecule is CC(C)CC(=O)C(=O)[C@@H](CC(=O)[C@H](Cc1ncn[nH]1)N[C@@H](c1cccc(F)c1)C(F)(F)F)CC1CCC1. The molecule has 1 aromatic heterocycles. The minimum Gasteiger partial charge on any atom is -0.298 e. The summed E-state index contributed by atoms with van der Waals surface area (Å²) < 4.78 is 55.9. The number of carbonyl (C=O) groups excluding carboxylic acids is 3. The number of aromatic amines is 1. The van der Waals surface area contributed by atoms with Crippen LogP contribution in [0.3, 0.4) is 0 Å². The zero-order valence-corrected chi connectivity index (χ0v) is 20.9. The van der Waals surface area contributed by atoms with E-state index in [0.717, 1.165) is 49.9 Å². The van der Waals surface area contributed by atoms with E-state index in [1.807, 2.05) is 0 Å². The second kappa shape index (κ2) is 12.5. The first-order valence-electron chi connectivity index (χ1n) is 12.5. The van der Waals surface area contributed by atoms with E-state index in [4.69, 9.17) is 0 Å². The minimum absolute atomic E-state index is 0.0452. The normalized spacial score (nSPS) is 16.7. The lowest BCUT2D eigenvalue weighted by atomic mass is 9.75. The van der Waals surface area contributed by atoms with Crippen LogP contribution in [0.4, 0.5) is 17.6 Å². The van der Waals surface area contributed by atoms with Gasteiger partial charge in [0.05, 0.1) is 6.04 Å². The van der Waals surface area contributed by atoms with Gasteiger partial charge >= 0.3 is 6.18 Å². The van der Waals surface area contributed by atoms with Crippen LogP contribution in [-0.4, -0.2) is 44.7 Å². The van der Waals surface area contributed by atoms with Crippen LogP contribution in [0.25, 0.3) is 0 Å². The molecule has 0 aliphatic heterocycles. The summed E-state index contributed by atoms with van der Waals surface area (Å²) in [5, 5.41) is 8.56. The molecule has 1 aliphatic carbocycles. The molecule has 3 rings (SSSR count). The molecule has 1 fully saturated rings. The molecule has 202 valence electrons. The zero-order valence-electron chi connectivity index (χ0n) is 20.9. The number of hydrogen-bond donors (Lipinski definition) is 2. The summed E-state index contributed by atoms with van der Waals surface area (Å²) in [6.45, 7) is 3.61. The molecule has 2 aromatic rings. The number of nitrogens with zero attached hydrogens (tertiary/aromatic N) is 2. The van der Waals surface area contributed by atoms with Crippen molar-refractivity contribution in [1.29, 1.82) is 0 Å². The quantitative estimate of drug-likeness (QED) is 0.274. The number of ketones is 3. The highest BCUT2D eigenvalue weighted by Gasteiger charge is 2.43. The van der Waals surface area contributed by atoms with E-state index in [1.165, 1.54) is 0 Å². The first-order chi connectivity index (χ1) is 17.4. The van der Waals surface area contributed by atoms with Gasteiger partial charge in [-0.2, -0.15) is 18.3 Å². The summed E-state index contributed by atoms with van der Waals surface area (Å²) in [4.78, 5) is 42.9. The van der Waals surface area contributed by atoms with E-state index in [0.29, 0.717) is 6.42 Å². The molecule has 0 spiro atoms. The fourth-order valence-electron chi connectivity index (χ4n) is 4.55. The maximum absolute atomic E-state index is 14.1. The third-order valence-electron chi connectivity index (χ3n) is 6.66. The van der Waals surface area contributed by atoms with E-state index >= 15 is 0 Å². The van der Waals surface area contributed by atoms with Gasteiger partial charge in [0, 0.05) is 25.2 Å². The Bertz CT molecular complexity index is 1070. The Balaban J connectivity index is 1.86. The van der Waals surface area contributed by atoms with Crippen molar-refractivity contribution in [2.24, 2.45) is 17.8 Å². The molecule has 1 saturated carbocycles. The Morgan fingerprint density at radius 3 is 2.43 bits per heavy atom. The van der Waals surface area contributed by atoms with Crippen LogP contribution in [0, 0.1) is 23.6 Å². The molecule has 0 unspecified atom stereocenters. The number of rotatable bonds is 14. The number of benzene rings is 1. The van der Waals surface area contributed by atoms with Crippen LogP contribution in [0.15, 0.2) is 30.6 Å². The number of carbonyl (C=O) groups is 3. The third-order valence-corrected chi connectivity index (χ3v) is 6.66. The van der Waals surface area contributed by atoms with Crippen LogP contribution in [0.2, 0.25) is 0 Å². The maximum Gasteiger partial charge on any atom is 0.407 e. The first kappa shape index (κ1) is 28.6. The first-order valence-corrected chi connectivity index (χ1v) is 12.5. The highest BCUT2D eigenvalue weighted by atomic mass is 19.4. The largest absolute Gasteiger partial charge is 0.407 e. The number of Topliss-reactive ketones (excluding diaryl/α,β-unsaturated/α-hetero) is 3. The van der Waals surface area contributed by atoms with Gasteiger partial charge < -0.3 is 0 Å². The molecule has 3 atom stereocenters. The number of alkyl halides is 3. The number of hydrogen-bond acceptors (Lipinski definition) is 6. The van der Waals surface area contributed by atoms with E-state index < -0.39 is 52.9 Å². The monoisotopic (exact) mass is 524 g/mol. The number of H-pyrrole nitrogens is 1. The highest BCUT2D eigenvalue weighted by molar-refractivity contribution is 6.38. The summed E-state index contributed by atoms with van der Waals surface area (Å²) in [6.07, 6.45) is -1.17. The molecule has 0 saturated heterocycles. The van der Waals surface area contributed by atoms with Gasteiger partial charge in [-0.25, -0.2) is 9.37 Å². The Morgan fingerprint density at radius 1 is 1.16 bits per heavy atom. The summed E-state index contributed by atoms with van der Waals surface area (Å²) >= 11 is 0. The predicted molar refractivity (Wildman–Crippen MR) is 127 cm³/mol. The smallest absolute Gasteiger partial charge is 0.298 e. The van der Waals surface area contributed by atoms with E-state index in [-0.39, 0.29) is 36.9 Å². The molecule has 7 nitrogen and oxygen atoms in total. The second-order valence-electron chi connectivity index (χ2n) is 10.2. The molecule has 0 radical (unpaired) electrons. The van der Waals surface area contributed by atoms with E-state index in [1.54, 1.807) is 13.8 Å². The molecule has 11 heteroatoms. The molecular weight excluding hydrogens is 492 g/mol. The minimum atomic E-state index is -4.85. The van der Waals surface area contributed by atoms with Gasteiger partial charge in [-0.15, -0.1) is 0 Å².